The Labute approximate surface area is 74.2 Å². The van der Waals surface area contributed by atoms with Crippen molar-refractivity contribution in [3.8, 4) is 0 Å². The van der Waals surface area contributed by atoms with Gasteiger partial charge >= 0.3 is 40.2 Å². The van der Waals surface area contributed by atoms with Crippen LogP contribution in [-0.4, -0.2) is 18.6 Å². The van der Waals surface area contributed by atoms with Crippen molar-refractivity contribution < 1.29 is 28.4 Å². The third-order valence-corrected chi connectivity index (χ3v) is 1.99. The van der Waals surface area contributed by atoms with Crippen LogP contribution in [-0.2, 0) is 23.6 Å². The summed E-state index contributed by atoms with van der Waals surface area (Å²) in [5.74, 6) is 0. The third-order valence-electron chi connectivity index (χ3n) is 0.249. The van der Waals surface area contributed by atoms with Crippen LogP contribution in [0.1, 0.15) is 0 Å². The zero-order chi connectivity index (χ0) is 7.70. The number of hydrogen-bond acceptors (Lipinski definition) is 4. The molecular formula is C3H8MoNO2S2. The molecule has 0 unspecified atom stereocenters. The van der Waals surface area contributed by atoms with Crippen molar-refractivity contribution >= 4 is 27.7 Å². The molecule has 0 aromatic heterocycles. The van der Waals surface area contributed by atoms with Gasteiger partial charge in [0.25, 0.3) is 0 Å². The number of primary amides is 1. The standard InChI is InChI=1S/C2H6S2.CH3NO2.Mo/c1-3-4-2;2-1(3)4;/h1-2H3;2H2,(H,3,4);/q;;+1/p-1. The average Bonchev–Trinajstić information content (AvgIpc) is 1.89. The first-order chi connectivity index (χ1) is 4.18. The van der Waals surface area contributed by atoms with Crippen LogP contribution < -0.4 is 5.73 Å². The molecule has 0 saturated heterocycles. The SMILES string of the molecule is CSSC.NC(=O)[O][Mo]. The molecule has 0 aromatic rings. The van der Waals surface area contributed by atoms with Crippen LogP contribution in [0, 0.1) is 0 Å². The van der Waals surface area contributed by atoms with Crippen molar-refractivity contribution in [2.24, 2.45) is 5.73 Å². The first kappa shape index (κ1) is 12.3. The van der Waals surface area contributed by atoms with Crippen LogP contribution in [0.25, 0.3) is 0 Å². The van der Waals surface area contributed by atoms with E-state index in [4.69, 9.17) is 0 Å². The van der Waals surface area contributed by atoms with Crippen molar-refractivity contribution in [2.45, 2.75) is 0 Å². The number of hydrogen-bond donors (Lipinski definition) is 1. The summed E-state index contributed by atoms with van der Waals surface area (Å²) in [7, 11) is 3.55. The van der Waals surface area contributed by atoms with Crippen LogP contribution in [0.5, 0.6) is 0 Å². The van der Waals surface area contributed by atoms with Gasteiger partial charge in [-0.2, -0.15) is 0 Å². The molecule has 0 aliphatic rings. The minimum atomic E-state index is -0.741. The third kappa shape index (κ3) is 28.7. The first-order valence-corrected chi connectivity index (χ1v) is 5.63. The Bertz CT molecular complexity index is 70.8. The summed E-state index contributed by atoms with van der Waals surface area (Å²) in [4.78, 5) is 9.37. The second-order valence-corrected chi connectivity index (χ2v) is 3.81. The van der Waals surface area contributed by atoms with Crippen LogP contribution in [0.2, 0.25) is 0 Å². The van der Waals surface area contributed by atoms with Gasteiger partial charge in [-0.05, 0) is 12.5 Å². The van der Waals surface area contributed by atoms with E-state index in [1.54, 1.807) is 21.6 Å². The Morgan fingerprint density at radius 1 is 1.56 bits per heavy atom. The van der Waals surface area contributed by atoms with Crippen molar-refractivity contribution in [1.82, 2.24) is 0 Å². The maximum atomic E-state index is 9.37. The second kappa shape index (κ2) is 11.5. The molecule has 0 rings (SSSR count). The molecule has 0 aromatic carbocycles. The Kier molecular flexibility index (Phi) is 15.7. The molecule has 55 valence electrons. The van der Waals surface area contributed by atoms with E-state index in [1.165, 1.54) is 20.2 Å². The molecular weight excluding hydrogens is 242 g/mol. The fourth-order valence-corrected chi connectivity index (χ4v) is 0. The predicted octanol–water partition coefficient (Wildman–Crippen LogP) is 1.17. The van der Waals surface area contributed by atoms with Crippen LogP contribution >= 0.6 is 21.6 Å². The maximum absolute atomic E-state index is 9.37. The van der Waals surface area contributed by atoms with Crippen molar-refractivity contribution in [3.05, 3.63) is 0 Å². The van der Waals surface area contributed by atoms with E-state index < -0.39 is 6.09 Å². The topological polar surface area (TPSA) is 52.3 Å². The quantitative estimate of drug-likeness (QED) is 0.560. The van der Waals surface area contributed by atoms with Crippen LogP contribution in [0.4, 0.5) is 4.79 Å². The molecule has 6 heteroatoms. The van der Waals surface area contributed by atoms with E-state index in [0.29, 0.717) is 0 Å². The second-order valence-electron chi connectivity index (χ2n) is 0.736. The zero-order valence-electron chi connectivity index (χ0n) is 5.12. The van der Waals surface area contributed by atoms with Crippen molar-refractivity contribution in [3.63, 3.8) is 0 Å². The molecule has 0 radical (unpaired) electrons. The minimum absolute atomic E-state index is 0.741. The first-order valence-electron chi connectivity index (χ1n) is 1.85. The molecule has 0 atom stereocenters. The number of carbonyl (C=O) groups is 1. The normalized spacial score (nSPS) is 6.89. The Morgan fingerprint density at radius 3 is 1.78 bits per heavy atom. The number of amides is 1. The fourth-order valence-electron chi connectivity index (χ4n) is 0. The van der Waals surface area contributed by atoms with Crippen LogP contribution in [0.15, 0.2) is 0 Å². The monoisotopic (exact) mass is 252 g/mol. The van der Waals surface area contributed by atoms with E-state index >= 15 is 0 Å². The van der Waals surface area contributed by atoms with Gasteiger partial charge in [0, 0.05) is 0 Å². The van der Waals surface area contributed by atoms with Gasteiger partial charge in [0.1, 0.15) is 0 Å². The van der Waals surface area contributed by atoms with E-state index in [0.717, 1.165) is 0 Å². The number of carbonyl (C=O) groups excluding carboxylic acids is 1. The summed E-state index contributed by atoms with van der Waals surface area (Å²) < 4.78 is 3.90. The molecule has 0 aliphatic heterocycles. The average molecular weight is 250 g/mol. The van der Waals surface area contributed by atoms with Gasteiger partial charge in [-0.1, -0.05) is 21.6 Å². The number of rotatable bonds is 1. The molecule has 0 saturated carbocycles. The summed E-state index contributed by atoms with van der Waals surface area (Å²) in [6.45, 7) is 0. The zero-order valence-corrected chi connectivity index (χ0v) is 8.76. The van der Waals surface area contributed by atoms with Gasteiger partial charge in [0.2, 0.25) is 0 Å². The summed E-state index contributed by atoms with van der Waals surface area (Å²) in [5.41, 5.74) is 4.43. The Hall–Kier alpha value is 0.658. The van der Waals surface area contributed by atoms with Crippen LogP contribution in [0.3, 0.4) is 0 Å². The van der Waals surface area contributed by atoms with Crippen molar-refractivity contribution in [1.29, 1.82) is 0 Å². The molecule has 0 fully saturated rings. The van der Waals surface area contributed by atoms with E-state index in [-0.39, 0.29) is 0 Å². The van der Waals surface area contributed by atoms with Gasteiger partial charge < -0.3 is 0 Å². The molecule has 0 aliphatic carbocycles. The molecule has 0 heterocycles. The van der Waals surface area contributed by atoms with E-state index in [1.807, 2.05) is 0 Å². The van der Waals surface area contributed by atoms with Gasteiger partial charge in [-0.15, -0.1) is 0 Å². The van der Waals surface area contributed by atoms with Gasteiger partial charge in [-0.3, -0.25) is 0 Å². The summed E-state index contributed by atoms with van der Waals surface area (Å²) in [5, 5.41) is 0. The Balaban J connectivity index is 0. The summed E-state index contributed by atoms with van der Waals surface area (Å²) in [6, 6.07) is 0. The van der Waals surface area contributed by atoms with Gasteiger partial charge in [-0.25, -0.2) is 0 Å². The molecule has 9 heavy (non-hydrogen) atoms. The van der Waals surface area contributed by atoms with E-state index in [2.05, 4.69) is 21.6 Å². The summed E-state index contributed by atoms with van der Waals surface area (Å²) >= 11 is 1.17. The molecule has 2 N–H and O–H groups in total. The molecule has 0 bridgehead atoms. The fraction of sp³-hybridized carbons (Fsp3) is 0.667. The molecule has 0 spiro atoms. The van der Waals surface area contributed by atoms with Gasteiger partial charge in [0.15, 0.2) is 0 Å². The molecule has 3 nitrogen and oxygen atoms in total. The summed E-state index contributed by atoms with van der Waals surface area (Å²) in [6.07, 6.45) is 3.38. The Morgan fingerprint density at radius 2 is 1.78 bits per heavy atom. The molecule has 1 amide bonds. The predicted molar refractivity (Wildman–Crippen MR) is 37.7 cm³/mol. The number of nitrogens with two attached hydrogens (primary N) is 1. The van der Waals surface area contributed by atoms with E-state index in [9.17, 15) is 4.79 Å². The van der Waals surface area contributed by atoms with Gasteiger partial charge in [0.05, 0.1) is 0 Å². The van der Waals surface area contributed by atoms with Crippen molar-refractivity contribution in [2.75, 3.05) is 12.5 Å².